The van der Waals surface area contributed by atoms with Crippen molar-refractivity contribution in [3.8, 4) is 0 Å². The fourth-order valence-electron chi connectivity index (χ4n) is 5.50. The molecule has 0 rings (SSSR count). The van der Waals surface area contributed by atoms with Crippen LogP contribution in [0.4, 0.5) is 0 Å². The highest BCUT2D eigenvalue weighted by Gasteiger charge is 2.19. The second kappa shape index (κ2) is 51.1. The Kier molecular flexibility index (Phi) is 46.8. The summed E-state index contributed by atoms with van der Waals surface area (Å²) in [5, 5.41) is 0. The quantitative estimate of drug-likeness (QED) is 0.0200. The fourth-order valence-corrected chi connectivity index (χ4v) is 5.50. The van der Waals surface area contributed by atoms with Crippen molar-refractivity contribution in [3.05, 3.63) is 182 Å². The topological polar surface area (TPSA) is 78.9 Å². The van der Waals surface area contributed by atoms with Crippen LogP contribution in [0.1, 0.15) is 149 Å². The average molecular weight is 889 g/mol. The summed E-state index contributed by atoms with van der Waals surface area (Å²) in [5.74, 6) is -1.19. The molecule has 0 aliphatic carbocycles. The smallest absolute Gasteiger partial charge is 0.306 e. The molecule has 0 N–H and O–H groups in total. The summed E-state index contributed by atoms with van der Waals surface area (Å²) in [6.07, 6.45) is 77.5. The maximum absolute atomic E-state index is 12.7. The van der Waals surface area contributed by atoms with Gasteiger partial charge < -0.3 is 14.2 Å². The van der Waals surface area contributed by atoms with Crippen molar-refractivity contribution in [2.75, 3.05) is 13.2 Å². The van der Waals surface area contributed by atoms with Gasteiger partial charge in [0.2, 0.25) is 0 Å². The van der Waals surface area contributed by atoms with Gasteiger partial charge in [0.25, 0.3) is 0 Å². The number of rotatable bonds is 40. The van der Waals surface area contributed by atoms with Crippen LogP contribution in [0.25, 0.3) is 0 Å². The number of carbonyl (C=O) groups is 3. The van der Waals surface area contributed by atoms with Gasteiger partial charge in [0.05, 0.1) is 0 Å². The third-order valence-electron chi connectivity index (χ3n) is 9.04. The molecule has 0 radical (unpaired) electrons. The van der Waals surface area contributed by atoms with Gasteiger partial charge in [0.15, 0.2) is 6.10 Å². The van der Waals surface area contributed by atoms with Gasteiger partial charge in [-0.2, -0.15) is 0 Å². The summed E-state index contributed by atoms with van der Waals surface area (Å²) < 4.78 is 16.6. The van der Waals surface area contributed by atoms with Gasteiger partial charge in [-0.15, -0.1) is 0 Å². The third-order valence-corrected chi connectivity index (χ3v) is 9.04. The normalized spacial score (nSPS) is 13.7. The highest BCUT2D eigenvalue weighted by molar-refractivity contribution is 5.71. The Bertz CT molecular complexity index is 1630. The van der Waals surface area contributed by atoms with E-state index >= 15 is 0 Å². The first-order valence-electron chi connectivity index (χ1n) is 24.4. The minimum absolute atomic E-state index is 0.164. The lowest BCUT2D eigenvalue weighted by Crippen LogP contribution is -2.30. The fraction of sp³-hybridized carbons (Fsp3) is 0.441. The van der Waals surface area contributed by atoms with E-state index in [2.05, 4.69) is 130 Å². The summed E-state index contributed by atoms with van der Waals surface area (Å²) in [7, 11) is 0. The lowest BCUT2D eigenvalue weighted by molar-refractivity contribution is -0.166. The zero-order chi connectivity index (χ0) is 47.2. The summed E-state index contributed by atoms with van der Waals surface area (Å²) in [6, 6.07) is 0. The number of hydrogen-bond acceptors (Lipinski definition) is 6. The second-order valence-corrected chi connectivity index (χ2v) is 15.0. The summed E-state index contributed by atoms with van der Waals surface area (Å²) >= 11 is 0. The Morgan fingerprint density at radius 3 is 1.08 bits per heavy atom. The zero-order valence-corrected chi connectivity index (χ0v) is 40.4. The Labute approximate surface area is 395 Å². The molecule has 0 amide bonds. The van der Waals surface area contributed by atoms with Crippen LogP contribution in [-0.2, 0) is 28.6 Å². The minimum Gasteiger partial charge on any atom is -0.462 e. The van der Waals surface area contributed by atoms with Crippen LogP contribution in [0.15, 0.2) is 182 Å². The van der Waals surface area contributed by atoms with E-state index in [1.54, 1.807) is 0 Å². The molecule has 0 aromatic rings. The van der Waals surface area contributed by atoms with Crippen molar-refractivity contribution in [3.63, 3.8) is 0 Å². The molecule has 6 heteroatoms. The average Bonchev–Trinajstić information content (AvgIpc) is 3.30. The van der Waals surface area contributed by atoms with Crippen LogP contribution in [0, 0.1) is 0 Å². The summed E-state index contributed by atoms with van der Waals surface area (Å²) in [5.41, 5.74) is 0. The Morgan fingerprint density at radius 2 is 0.662 bits per heavy atom. The van der Waals surface area contributed by atoms with Gasteiger partial charge >= 0.3 is 17.9 Å². The van der Waals surface area contributed by atoms with Crippen LogP contribution in [-0.4, -0.2) is 37.2 Å². The van der Waals surface area contributed by atoms with Crippen molar-refractivity contribution in [1.82, 2.24) is 0 Å². The zero-order valence-electron chi connectivity index (χ0n) is 40.4. The van der Waals surface area contributed by atoms with E-state index in [0.29, 0.717) is 19.3 Å². The van der Waals surface area contributed by atoms with Crippen molar-refractivity contribution >= 4 is 17.9 Å². The standard InChI is InChI=1S/C59H84O6/c1-4-7-10-13-16-19-22-25-28-31-34-37-40-43-46-49-52-58(61)64-55-56(54-63-57(60)51-48-45-42-39-36-33-30-27-24-21-18-15-12-9-6-3)65-59(62)53-50-47-44-41-38-35-32-29-26-23-20-17-14-11-8-5-2/h7-12,15-21,24-30,33-38,43-44,46-47,56H,4-6,13-14,22-23,31-32,39-42,45,48-55H2,1-3H3/b10-7-,11-8-,12-9-,18-15-,19-16-,20-17-,24-21-,28-25-,29-26-,30-27-,36-33-,37-34-,38-35-,46-43-,47-44-. The van der Waals surface area contributed by atoms with E-state index in [1.165, 1.54) is 0 Å². The number of esters is 3. The molecule has 0 saturated carbocycles. The summed E-state index contributed by atoms with van der Waals surface area (Å²) in [6.45, 7) is 6.05. The van der Waals surface area contributed by atoms with Gasteiger partial charge in [0.1, 0.15) is 13.2 Å². The summed E-state index contributed by atoms with van der Waals surface area (Å²) in [4.78, 5) is 37.9. The van der Waals surface area contributed by atoms with Gasteiger partial charge in [-0.1, -0.05) is 209 Å². The van der Waals surface area contributed by atoms with E-state index in [9.17, 15) is 14.4 Å². The van der Waals surface area contributed by atoms with Crippen molar-refractivity contribution in [1.29, 1.82) is 0 Å². The first kappa shape index (κ1) is 59.5. The molecule has 0 saturated heterocycles. The van der Waals surface area contributed by atoms with E-state index in [1.807, 2.05) is 72.9 Å². The molecule has 1 unspecified atom stereocenters. The molecule has 0 fully saturated rings. The van der Waals surface area contributed by atoms with Crippen molar-refractivity contribution < 1.29 is 28.6 Å². The van der Waals surface area contributed by atoms with Crippen molar-refractivity contribution in [2.24, 2.45) is 0 Å². The minimum atomic E-state index is -0.876. The van der Waals surface area contributed by atoms with Crippen LogP contribution in [0.2, 0.25) is 0 Å². The first-order chi connectivity index (χ1) is 32.0. The lowest BCUT2D eigenvalue weighted by Gasteiger charge is -2.18. The second-order valence-electron chi connectivity index (χ2n) is 15.0. The van der Waals surface area contributed by atoms with Gasteiger partial charge in [-0.3, -0.25) is 14.4 Å². The number of ether oxygens (including phenoxy) is 3. The SMILES string of the molecule is CC\C=C/C=C\C=C/C=C\C=C/CCCCCC(=O)OCC(COC(=O)CC/C=C\C/C=C\C/C=C\C/C=C\C/C=C\CC)OC(=O)CC/C=C\C/C=C\C/C=C\C/C=C\C/C=C\CC. The molecule has 0 aromatic heterocycles. The van der Waals surface area contributed by atoms with Crippen LogP contribution in [0.5, 0.6) is 0 Å². The maximum Gasteiger partial charge on any atom is 0.306 e. The Morgan fingerprint density at radius 1 is 0.323 bits per heavy atom. The highest BCUT2D eigenvalue weighted by atomic mass is 16.6. The molecule has 1 atom stereocenters. The van der Waals surface area contributed by atoms with Gasteiger partial charge in [-0.25, -0.2) is 0 Å². The highest BCUT2D eigenvalue weighted by Crippen LogP contribution is 2.08. The molecule has 0 spiro atoms. The largest absolute Gasteiger partial charge is 0.462 e. The molecular formula is C59H84O6. The number of hydrogen-bond donors (Lipinski definition) is 0. The van der Waals surface area contributed by atoms with E-state index in [4.69, 9.17) is 14.2 Å². The number of allylic oxidation sites excluding steroid dienone is 30. The molecule has 6 nitrogen and oxygen atoms in total. The lowest BCUT2D eigenvalue weighted by atomic mass is 10.1. The molecule has 0 aliphatic rings. The predicted octanol–water partition coefficient (Wildman–Crippen LogP) is 16.2. The first-order valence-corrected chi connectivity index (χ1v) is 24.4. The molecule has 0 heterocycles. The molecule has 0 bridgehead atoms. The number of carbonyl (C=O) groups excluding carboxylic acids is 3. The van der Waals surface area contributed by atoms with Crippen molar-refractivity contribution in [2.45, 2.75) is 155 Å². The van der Waals surface area contributed by atoms with E-state index in [0.717, 1.165) is 89.9 Å². The van der Waals surface area contributed by atoms with Gasteiger partial charge in [-0.05, 0) is 103 Å². The Balaban J connectivity index is 4.74. The molecular weight excluding hydrogens is 805 g/mol. The number of unbranched alkanes of at least 4 members (excludes halogenated alkanes) is 3. The van der Waals surface area contributed by atoms with Crippen LogP contribution in [0.3, 0.4) is 0 Å². The molecule has 0 aliphatic heterocycles. The molecule has 0 aromatic carbocycles. The third kappa shape index (κ3) is 49.4. The van der Waals surface area contributed by atoms with E-state index < -0.39 is 18.0 Å². The van der Waals surface area contributed by atoms with E-state index in [-0.39, 0.29) is 38.4 Å². The Hall–Kier alpha value is -5.49. The van der Waals surface area contributed by atoms with Gasteiger partial charge in [0, 0.05) is 19.3 Å². The predicted molar refractivity (Wildman–Crippen MR) is 278 cm³/mol. The van der Waals surface area contributed by atoms with Crippen LogP contribution < -0.4 is 0 Å². The maximum atomic E-state index is 12.7. The van der Waals surface area contributed by atoms with Crippen LogP contribution >= 0.6 is 0 Å². The molecule has 356 valence electrons. The molecule has 65 heavy (non-hydrogen) atoms. The monoisotopic (exact) mass is 889 g/mol.